The first-order valence-electron chi connectivity index (χ1n) is 8.79. The molecule has 0 fully saturated rings. The Morgan fingerprint density at radius 1 is 1.00 bits per heavy atom. The van der Waals surface area contributed by atoms with Crippen LogP contribution in [0, 0.1) is 0 Å². The molecule has 2 aromatic rings. The van der Waals surface area contributed by atoms with Crippen LogP contribution >= 0.6 is 0 Å². The number of pyridine rings is 1. The van der Waals surface area contributed by atoms with Crippen LogP contribution < -0.4 is 20.8 Å². The summed E-state index contributed by atoms with van der Waals surface area (Å²) in [4.78, 5) is 49.1. The number of aromatic amines is 1. The zero-order valence-corrected chi connectivity index (χ0v) is 16.2. The van der Waals surface area contributed by atoms with Gasteiger partial charge in [-0.3, -0.25) is 4.79 Å². The number of aromatic carboxylic acids is 2. The molecule has 0 aliphatic carbocycles. The van der Waals surface area contributed by atoms with Gasteiger partial charge in [-0.15, -0.1) is 0 Å². The minimum absolute atomic E-state index is 0.0505. The number of carboxylic acids is 2. The van der Waals surface area contributed by atoms with Gasteiger partial charge in [-0.1, -0.05) is 6.07 Å². The summed E-state index contributed by atoms with van der Waals surface area (Å²) in [5.41, 5.74) is 2.88. The highest BCUT2D eigenvalue weighted by molar-refractivity contribution is 6.07. The number of nitrogens with two attached hydrogens (primary N) is 1. The van der Waals surface area contributed by atoms with Crippen molar-refractivity contribution in [3.05, 3.63) is 39.7 Å². The van der Waals surface area contributed by atoms with E-state index in [2.05, 4.69) is 0 Å². The van der Waals surface area contributed by atoms with Gasteiger partial charge in [0.15, 0.2) is 18.1 Å². The number of nitrogens with one attached hydrogen (secondary N) is 1. The van der Waals surface area contributed by atoms with Crippen molar-refractivity contribution in [3.63, 3.8) is 0 Å². The lowest BCUT2D eigenvalue weighted by Crippen LogP contribution is -2.24. The molecule has 30 heavy (non-hydrogen) atoms. The molecule has 5 N–H and O–H groups in total. The predicted octanol–water partition coefficient (Wildman–Crippen LogP) is 1.36. The maximum atomic E-state index is 12.2. The molecule has 0 bridgehead atoms. The third-order valence-corrected chi connectivity index (χ3v) is 3.86. The van der Waals surface area contributed by atoms with E-state index >= 15 is 0 Å². The van der Waals surface area contributed by atoms with E-state index in [0.29, 0.717) is 0 Å². The number of esters is 1. The van der Waals surface area contributed by atoms with Gasteiger partial charge in [0.1, 0.15) is 16.9 Å². The maximum absolute atomic E-state index is 12.2. The molecule has 0 atom stereocenters. The monoisotopic (exact) mass is 420 g/mol. The van der Waals surface area contributed by atoms with Crippen LogP contribution in [0.3, 0.4) is 0 Å². The minimum atomic E-state index is -1.63. The number of H-pyrrole nitrogens is 1. The molecular formula is C19H20N2O9. The topological polar surface area (TPSA) is 178 Å². The number of aromatic nitrogens is 1. The first kappa shape index (κ1) is 22.3. The second kappa shape index (κ2) is 9.45. The molecule has 1 aromatic carbocycles. The van der Waals surface area contributed by atoms with E-state index in [0.717, 1.165) is 0 Å². The number of hydrogen-bond donors (Lipinski definition) is 4. The molecule has 160 valence electrons. The SMILES string of the molecule is CCOC(=O)COc1ccc(-c2c(C(=O)O)c(N)[nH]c(=O)c2C(=O)O)cc1OCC. The summed E-state index contributed by atoms with van der Waals surface area (Å²) in [7, 11) is 0. The fourth-order valence-electron chi connectivity index (χ4n) is 2.73. The van der Waals surface area contributed by atoms with Crippen molar-refractivity contribution in [2.24, 2.45) is 0 Å². The number of anilines is 1. The highest BCUT2D eigenvalue weighted by Crippen LogP contribution is 2.36. The second-order valence-electron chi connectivity index (χ2n) is 5.79. The van der Waals surface area contributed by atoms with Crippen molar-refractivity contribution in [1.82, 2.24) is 4.98 Å². The largest absolute Gasteiger partial charge is 0.490 e. The molecule has 0 aliphatic heterocycles. The number of ether oxygens (including phenoxy) is 3. The van der Waals surface area contributed by atoms with Crippen LogP contribution in [0.4, 0.5) is 5.82 Å². The van der Waals surface area contributed by atoms with Crippen molar-refractivity contribution >= 4 is 23.7 Å². The summed E-state index contributed by atoms with van der Waals surface area (Å²) in [6.07, 6.45) is 0. The van der Waals surface area contributed by atoms with Gasteiger partial charge in [-0.2, -0.15) is 0 Å². The van der Waals surface area contributed by atoms with E-state index < -0.39 is 47.0 Å². The number of carbonyl (C=O) groups excluding carboxylic acids is 1. The Morgan fingerprint density at radius 3 is 2.23 bits per heavy atom. The van der Waals surface area contributed by atoms with Crippen LogP contribution in [0.25, 0.3) is 11.1 Å². The van der Waals surface area contributed by atoms with Crippen LogP contribution in [-0.2, 0) is 9.53 Å². The van der Waals surface area contributed by atoms with Gasteiger partial charge in [-0.05, 0) is 31.5 Å². The number of rotatable bonds is 9. The number of carboxylic acid groups (broad SMARTS) is 2. The smallest absolute Gasteiger partial charge is 0.344 e. The third-order valence-electron chi connectivity index (χ3n) is 3.86. The Balaban J connectivity index is 2.65. The van der Waals surface area contributed by atoms with Gasteiger partial charge in [-0.25, -0.2) is 14.4 Å². The highest BCUT2D eigenvalue weighted by Gasteiger charge is 2.27. The molecule has 0 saturated carbocycles. The van der Waals surface area contributed by atoms with E-state index in [1.807, 2.05) is 4.98 Å². The molecule has 11 heteroatoms. The first-order chi connectivity index (χ1) is 14.2. The van der Waals surface area contributed by atoms with Crippen molar-refractivity contribution in [2.45, 2.75) is 13.8 Å². The Hall–Kier alpha value is -4.02. The molecule has 0 saturated heterocycles. The van der Waals surface area contributed by atoms with E-state index in [4.69, 9.17) is 19.9 Å². The van der Waals surface area contributed by atoms with Crippen molar-refractivity contribution in [1.29, 1.82) is 0 Å². The van der Waals surface area contributed by atoms with Crippen molar-refractivity contribution in [2.75, 3.05) is 25.6 Å². The number of benzene rings is 1. The van der Waals surface area contributed by atoms with Gasteiger partial charge in [0.2, 0.25) is 0 Å². The lowest BCUT2D eigenvalue weighted by Gasteiger charge is -2.16. The summed E-state index contributed by atoms with van der Waals surface area (Å²) in [6, 6.07) is 3.99. The van der Waals surface area contributed by atoms with Crippen molar-refractivity contribution < 1.29 is 38.8 Å². The molecular weight excluding hydrogens is 400 g/mol. The fraction of sp³-hybridized carbons (Fsp3) is 0.263. The van der Waals surface area contributed by atoms with E-state index in [-0.39, 0.29) is 35.8 Å². The fourth-order valence-corrected chi connectivity index (χ4v) is 2.73. The summed E-state index contributed by atoms with van der Waals surface area (Å²) in [5.74, 6) is -4.01. The van der Waals surface area contributed by atoms with Crippen molar-refractivity contribution in [3.8, 4) is 22.6 Å². The summed E-state index contributed by atoms with van der Waals surface area (Å²) in [5, 5.41) is 19.0. The molecule has 0 aliphatic rings. The van der Waals surface area contributed by atoms with Crippen LogP contribution in [0.2, 0.25) is 0 Å². The average molecular weight is 420 g/mol. The Bertz CT molecular complexity index is 1040. The lowest BCUT2D eigenvalue weighted by molar-refractivity contribution is -0.145. The maximum Gasteiger partial charge on any atom is 0.344 e. The summed E-state index contributed by atoms with van der Waals surface area (Å²) >= 11 is 0. The third kappa shape index (κ3) is 4.69. The Kier molecular flexibility index (Phi) is 7.02. The predicted molar refractivity (Wildman–Crippen MR) is 104 cm³/mol. The van der Waals surface area contributed by atoms with Gasteiger partial charge in [0, 0.05) is 5.56 Å². The van der Waals surface area contributed by atoms with E-state index in [9.17, 15) is 29.4 Å². The van der Waals surface area contributed by atoms with Crippen LogP contribution in [0.15, 0.2) is 23.0 Å². The van der Waals surface area contributed by atoms with E-state index in [1.165, 1.54) is 18.2 Å². The van der Waals surface area contributed by atoms with E-state index in [1.54, 1.807) is 13.8 Å². The first-order valence-corrected chi connectivity index (χ1v) is 8.79. The minimum Gasteiger partial charge on any atom is -0.490 e. The second-order valence-corrected chi connectivity index (χ2v) is 5.79. The summed E-state index contributed by atoms with van der Waals surface area (Å²) in [6.45, 7) is 3.30. The van der Waals surface area contributed by atoms with Crippen LogP contribution in [-0.4, -0.2) is 52.9 Å². The molecule has 0 unspecified atom stereocenters. The quantitative estimate of drug-likeness (QED) is 0.433. The van der Waals surface area contributed by atoms with Gasteiger partial charge in [0.05, 0.1) is 13.2 Å². The Morgan fingerprint density at radius 2 is 1.67 bits per heavy atom. The number of nitrogen functional groups attached to an aromatic ring is 1. The average Bonchev–Trinajstić information content (AvgIpc) is 2.66. The summed E-state index contributed by atoms with van der Waals surface area (Å²) < 4.78 is 15.6. The molecule has 2 rings (SSSR count). The standard InChI is InChI=1S/C19H20N2O9/c1-3-28-11-7-9(5-6-10(11)30-8-12(22)29-4-2)13-14(18(24)25)16(20)21-17(23)15(13)19(26)27/h5-7H,3-4,8H2,1-2H3,(H,24,25)(H,26,27)(H3,20,21,23). The van der Waals surface area contributed by atoms with Gasteiger partial charge in [0.25, 0.3) is 5.56 Å². The molecule has 0 amide bonds. The molecule has 0 spiro atoms. The number of carbonyl (C=O) groups is 3. The molecule has 11 nitrogen and oxygen atoms in total. The zero-order valence-electron chi connectivity index (χ0n) is 16.2. The van der Waals surface area contributed by atoms with Crippen LogP contribution in [0.1, 0.15) is 34.6 Å². The normalized spacial score (nSPS) is 10.3. The molecule has 0 radical (unpaired) electrons. The lowest BCUT2D eigenvalue weighted by atomic mass is 9.95. The molecule has 1 heterocycles. The highest BCUT2D eigenvalue weighted by atomic mass is 16.6. The zero-order chi connectivity index (χ0) is 22.4. The van der Waals surface area contributed by atoms with Crippen LogP contribution in [0.5, 0.6) is 11.5 Å². The number of hydrogen-bond acceptors (Lipinski definition) is 8. The van der Waals surface area contributed by atoms with Gasteiger partial charge < -0.3 is 35.1 Å². The van der Waals surface area contributed by atoms with Gasteiger partial charge >= 0.3 is 17.9 Å². The Labute approximate surface area is 170 Å². The molecule has 1 aromatic heterocycles.